The highest BCUT2D eigenvalue weighted by Gasteiger charge is 2.17. The van der Waals surface area contributed by atoms with Gasteiger partial charge in [-0.1, -0.05) is 0 Å². The van der Waals surface area contributed by atoms with Gasteiger partial charge in [-0.05, 0) is 55.1 Å². The first-order chi connectivity index (χ1) is 14.7. The van der Waals surface area contributed by atoms with Gasteiger partial charge in [0.2, 0.25) is 0 Å². The van der Waals surface area contributed by atoms with E-state index >= 15 is 0 Å². The summed E-state index contributed by atoms with van der Waals surface area (Å²) in [5, 5.41) is 9.77. The molecule has 2 N–H and O–H groups in total. The van der Waals surface area contributed by atoms with Crippen LogP contribution in [-0.4, -0.2) is 29.3 Å². The largest absolute Gasteiger partial charge is 0.490 e. The van der Waals surface area contributed by atoms with Crippen LogP contribution in [0.1, 0.15) is 29.7 Å². The molecule has 7 heteroatoms. The number of benzene rings is 1. The number of ether oxygens (including phenoxy) is 2. The van der Waals surface area contributed by atoms with Crippen LogP contribution >= 0.6 is 11.3 Å². The topological polar surface area (TPSA) is 68.3 Å². The lowest BCUT2D eigenvalue weighted by molar-refractivity contribution is 0.0256. The Morgan fingerprint density at radius 3 is 2.77 bits per heavy atom. The Hall–Kier alpha value is -2.90. The van der Waals surface area contributed by atoms with Crippen LogP contribution in [0.15, 0.2) is 41.9 Å². The van der Waals surface area contributed by atoms with Crippen LogP contribution in [0.25, 0.3) is 16.8 Å². The van der Waals surface area contributed by atoms with Crippen molar-refractivity contribution in [3.05, 3.63) is 58.7 Å². The predicted octanol–water partition coefficient (Wildman–Crippen LogP) is 4.89. The summed E-state index contributed by atoms with van der Waals surface area (Å²) >= 11 is 1.62. The number of anilines is 2. The van der Waals surface area contributed by atoms with Crippen molar-refractivity contribution in [1.82, 2.24) is 15.3 Å². The zero-order valence-corrected chi connectivity index (χ0v) is 17.7. The van der Waals surface area contributed by atoms with Gasteiger partial charge < -0.3 is 20.1 Å². The second-order valence-corrected chi connectivity index (χ2v) is 8.37. The highest BCUT2D eigenvalue weighted by Crippen LogP contribution is 2.32. The van der Waals surface area contributed by atoms with Crippen LogP contribution in [-0.2, 0) is 11.3 Å². The van der Waals surface area contributed by atoms with Crippen molar-refractivity contribution >= 4 is 28.9 Å². The van der Waals surface area contributed by atoms with Crippen molar-refractivity contribution in [2.45, 2.75) is 32.4 Å². The van der Waals surface area contributed by atoms with E-state index in [1.807, 2.05) is 37.4 Å². The van der Waals surface area contributed by atoms with Gasteiger partial charge in [-0.2, -0.15) is 0 Å². The van der Waals surface area contributed by atoms with E-state index in [0.717, 1.165) is 77.4 Å². The molecule has 2 aliphatic heterocycles. The minimum absolute atomic E-state index is 0.238. The number of pyridine rings is 1. The summed E-state index contributed by atoms with van der Waals surface area (Å²) in [6, 6.07) is 10.2. The van der Waals surface area contributed by atoms with Gasteiger partial charge in [0.25, 0.3) is 0 Å². The number of rotatable bonds is 5. The number of nitrogens with zero attached hydrogens (tertiary/aromatic N) is 2. The lowest BCUT2D eigenvalue weighted by Gasteiger charge is -2.23. The molecule has 5 rings (SSSR count). The molecule has 1 aromatic carbocycles. The fourth-order valence-electron chi connectivity index (χ4n) is 3.66. The van der Waals surface area contributed by atoms with Crippen LogP contribution in [0.2, 0.25) is 0 Å². The summed E-state index contributed by atoms with van der Waals surface area (Å²) in [6.45, 7) is 4.30. The lowest BCUT2D eigenvalue weighted by atomic mass is 10.0. The van der Waals surface area contributed by atoms with Crippen molar-refractivity contribution in [3.63, 3.8) is 0 Å². The molecule has 2 aromatic heterocycles. The maximum absolute atomic E-state index is 6.08. The van der Waals surface area contributed by atoms with E-state index in [9.17, 15) is 0 Å². The highest BCUT2D eigenvalue weighted by molar-refractivity contribution is 7.13. The van der Waals surface area contributed by atoms with Crippen LogP contribution in [0, 0.1) is 6.92 Å². The van der Waals surface area contributed by atoms with E-state index in [1.165, 1.54) is 0 Å². The molecule has 0 unspecified atom stereocenters. The van der Waals surface area contributed by atoms with Gasteiger partial charge in [0, 0.05) is 41.7 Å². The monoisotopic (exact) mass is 420 g/mol. The summed E-state index contributed by atoms with van der Waals surface area (Å²) in [5.74, 6) is 1.74. The molecular weight excluding hydrogens is 396 g/mol. The Morgan fingerprint density at radius 1 is 1.17 bits per heavy atom. The van der Waals surface area contributed by atoms with Crippen molar-refractivity contribution in [2.75, 3.05) is 18.5 Å². The predicted molar refractivity (Wildman–Crippen MR) is 120 cm³/mol. The fourth-order valence-corrected chi connectivity index (χ4v) is 4.42. The Balaban J connectivity index is 1.39. The summed E-state index contributed by atoms with van der Waals surface area (Å²) < 4.78 is 11.5. The molecule has 0 spiro atoms. The Bertz CT molecular complexity index is 1060. The molecule has 4 heterocycles. The summed E-state index contributed by atoms with van der Waals surface area (Å²) in [5.41, 5.74) is 5.19. The number of fused-ring (bicyclic) bond motifs is 1. The number of hydrogen-bond acceptors (Lipinski definition) is 7. The first kappa shape index (κ1) is 19.1. The zero-order chi connectivity index (χ0) is 20.3. The maximum Gasteiger partial charge on any atom is 0.142 e. The smallest absolute Gasteiger partial charge is 0.142 e. The molecule has 3 aromatic rings. The van der Waals surface area contributed by atoms with Gasteiger partial charge in [0.05, 0.1) is 13.2 Å². The van der Waals surface area contributed by atoms with Gasteiger partial charge in [-0.3, -0.25) is 0 Å². The molecule has 6 nitrogen and oxygen atoms in total. The van der Waals surface area contributed by atoms with E-state index in [-0.39, 0.29) is 6.10 Å². The molecule has 1 fully saturated rings. The standard InChI is InChI=1S/C23H24N4O2S/c1-15-14-30-23(25-15)21-12-16-6-9-24-13-20(16)22(27-21)26-17-2-4-18(5-3-17)29-19-7-10-28-11-8-19/h2-6,9,12,14,19,24H,7-8,10-11,13H2,1H3,(H,26,27). The number of nitrogens with one attached hydrogen (secondary N) is 2. The summed E-state index contributed by atoms with van der Waals surface area (Å²) in [4.78, 5) is 9.51. The van der Waals surface area contributed by atoms with Crippen LogP contribution in [0.5, 0.6) is 5.75 Å². The van der Waals surface area contributed by atoms with E-state index in [2.05, 4.69) is 33.1 Å². The maximum atomic E-state index is 6.08. The van der Waals surface area contributed by atoms with Crippen molar-refractivity contribution in [2.24, 2.45) is 0 Å². The number of thiazole rings is 1. The molecule has 0 atom stereocenters. The quantitative estimate of drug-likeness (QED) is 0.613. The second kappa shape index (κ2) is 8.45. The van der Waals surface area contributed by atoms with Gasteiger partial charge in [0.1, 0.15) is 28.4 Å². The molecule has 0 bridgehead atoms. The summed E-state index contributed by atoms with van der Waals surface area (Å²) in [7, 11) is 0. The van der Waals surface area contributed by atoms with Crippen molar-refractivity contribution < 1.29 is 9.47 Å². The second-order valence-electron chi connectivity index (χ2n) is 7.51. The van der Waals surface area contributed by atoms with E-state index in [1.54, 1.807) is 11.3 Å². The minimum atomic E-state index is 0.238. The molecule has 30 heavy (non-hydrogen) atoms. The molecule has 154 valence electrons. The normalized spacial score (nSPS) is 16.0. The molecule has 1 saturated heterocycles. The van der Waals surface area contributed by atoms with Crippen LogP contribution < -0.4 is 15.4 Å². The Kier molecular flexibility index (Phi) is 5.38. The third-order valence-electron chi connectivity index (χ3n) is 5.24. The molecule has 0 radical (unpaired) electrons. The zero-order valence-electron chi connectivity index (χ0n) is 16.9. The van der Waals surface area contributed by atoms with Crippen LogP contribution in [0.3, 0.4) is 0 Å². The van der Waals surface area contributed by atoms with E-state index in [4.69, 9.17) is 14.5 Å². The summed E-state index contributed by atoms with van der Waals surface area (Å²) in [6.07, 6.45) is 6.19. The SMILES string of the molecule is Cc1csc(-c2cc3c(c(Nc4ccc(OC5CCOCC5)cc4)n2)CNC=C3)n1. The van der Waals surface area contributed by atoms with Gasteiger partial charge in [-0.25, -0.2) is 9.97 Å². The van der Waals surface area contributed by atoms with Crippen molar-refractivity contribution in [1.29, 1.82) is 0 Å². The van der Waals surface area contributed by atoms with Gasteiger partial charge in [0.15, 0.2) is 0 Å². The molecule has 0 amide bonds. The number of aryl methyl sites for hydroxylation is 1. The minimum Gasteiger partial charge on any atom is -0.490 e. The first-order valence-electron chi connectivity index (χ1n) is 10.2. The Morgan fingerprint density at radius 2 is 2.00 bits per heavy atom. The number of aromatic nitrogens is 2. The van der Waals surface area contributed by atoms with E-state index < -0.39 is 0 Å². The first-order valence-corrected chi connectivity index (χ1v) is 11.1. The molecular formula is C23H24N4O2S. The van der Waals surface area contributed by atoms with Crippen molar-refractivity contribution in [3.8, 4) is 16.5 Å². The third-order valence-corrected chi connectivity index (χ3v) is 6.23. The molecule has 0 aliphatic carbocycles. The third kappa shape index (κ3) is 4.17. The van der Waals surface area contributed by atoms with Gasteiger partial charge >= 0.3 is 0 Å². The van der Waals surface area contributed by atoms with E-state index in [0.29, 0.717) is 0 Å². The van der Waals surface area contributed by atoms with Crippen LogP contribution in [0.4, 0.5) is 11.5 Å². The highest BCUT2D eigenvalue weighted by atomic mass is 32.1. The molecule has 0 saturated carbocycles. The van der Waals surface area contributed by atoms with Gasteiger partial charge in [-0.15, -0.1) is 11.3 Å². The average Bonchev–Trinajstić information content (AvgIpc) is 3.22. The lowest BCUT2D eigenvalue weighted by Crippen LogP contribution is -2.25. The Labute approximate surface area is 180 Å². The molecule has 2 aliphatic rings. The fraction of sp³-hybridized carbons (Fsp3) is 0.304. The average molecular weight is 421 g/mol. The number of hydrogen-bond donors (Lipinski definition) is 2.